The highest BCUT2D eigenvalue weighted by Crippen LogP contribution is 2.36. The van der Waals surface area contributed by atoms with Gasteiger partial charge < -0.3 is 14.0 Å². The number of para-hydroxylation sites is 1. The minimum absolute atomic E-state index is 0.120. The smallest absolute Gasteiger partial charge is 0.360 e. The maximum absolute atomic E-state index is 11.3. The highest BCUT2D eigenvalue weighted by atomic mass is 79.9. The van der Waals surface area contributed by atoms with Crippen molar-refractivity contribution < 1.29 is 18.8 Å². The Balaban J connectivity index is 2.46. The lowest BCUT2D eigenvalue weighted by Gasteiger charge is -2.06. The normalized spacial score (nSPS) is 10.2. The molecule has 0 aliphatic carbocycles. The Morgan fingerprint density at radius 2 is 2.17 bits per heavy atom. The van der Waals surface area contributed by atoms with Crippen LogP contribution in [0.2, 0.25) is 0 Å². The average Bonchev–Trinajstić information content (AvgIpc) is 2.87. The summed E-state index contributed by atoms with van der Waals surface area (Å²) in [7, 11) is 2.84. The molecule has 0 fully saturated rings. The van der Waals surface area contributed by atoms with Gasteiger partial charge in [0.1, 0.15) is 5.75 Å². The number of carbonyl (C=O) groups is 1. The van der Waals surface area contributed by atoms with Gasteiger partial charge >= 0.3 is 5.97 Å². The zero-order chi connectivity index (χ0) is 13.1. The molecule has 1 aromatic carbocycles. The van der Waals surface area contributed by atoms with E-state index >= 15 is 0 Å². The Hall–Kier alpha value is -1.82. The van der Waals surface area contributed by atoms with Crippen molar-refractivity contribution in [1.82, 2.24) is 5.16 Å². The van der Waals surface area contributed by atoms with E-state index in [1.165, 1.54) is 13.2 Å². The first-order valence-electron chi connectivity index (χ1n) is 5.05. The van der Waals surface area contributed by atoms with Crippen LogP contribution in [0.5, 0.6) is 5.75 Å². The van der Waals surface area contributed by atoms with Gasteiger partial charge in [-0.15, -0.1) is 0 Å². The third-order valence-electron chi connectivity index (χ3n) is 2.34. The van der Waals surface area contributed by atoms with Crippen molar-refractivity contribution in [2.75, 3.05) is 14.2 Å². The molecule has 0 atom stereocenters. The Morgan fingerprint density at radius 1 is 1.39 bits per heavy atom. The van der Waals surface area contributed by atoms with Crippen LogP contribution < -0.4 is 4.74 Å². The Kier molecular flexibility index (Phi) is 3.66. The molecule has 0 radical (unpaired) electrons. The predicted molar refractivity (Wildman–Crippen MR) is 67.5 cm³/mol. The van der Waals surface area contributed by atoms with E-state index in [9.17, 15) is 4.79 Å². The van der Waals surface area contributed by atoms with Crippen LogP contribution in [-0.2, 0) is 4.74 Å². The van der Waals surface area contributed by atoms with E-state index in [4.69, 9.17) is 9.26 Å². The number of aromatic nitrogens is 1. The third kappa shape index (κ3) is 2.24. The number of carbonyl (C=O) groups excluding carboxylic acids is 1. The molecule has 5 nitrogen and oxygen atoms in total. The number of esters is 1. The Bertz CT molecular complexity index is 579. The molecule has 0 saturated carbocycles. The molecule has 1 heterocycles. The maximum Gasteiger partial charge on any atom is 0.360 e. The summed E-state index contributed by atoms with van der Waals surface area (Å²) in [5.41, 5.74) is 0.823. The van der Waals surface area contributed by atoms with Crippen LogP contribution in [0, 0.1) is 0 Å². The molecule has 18 heavy (non-hydrogen) atoms. The molecule has 0 amide bonds. The fourth-order valence-corrected chi connectivity index (χ4v) is 2.04. The number of halogens is 1. The summed E-state index contributed by atoms with van der Waals surface area (Å²) < 4.78 is 15.7. The van der Waals surface area contributed by atoms with E-state index in [0.717, 1.165) is 4.47 Å². The second-order valence-corrected chi connectivity index (χ2v) is 4.24. The minimum atomic E-state index is -0.543. The average molecular weight is 312 g/mol. The van der Waals surface area contributed by atoms with E-state index in [1.807, 2.05) is 18.2 Å². The lowest BCUT2D eigenvalue weighted by molar-refractivity contribution is 0.0589. The summed E-state index contributed by atoms with van der Waals surface area (Å²) >= 11 is 3.38. The SMILES string of the molecule is COC(=O)c1cc(-c2cccc(Br)c2OC)on1. The Morgan fingerprint density at radius 3 is 2.83 bits per heavy atom. The summed E-state index contributed by atoms with van der Waals surface area (Å²) in [6.07, 6.45) is 0. The number of ether oxygens (including phenoxy) is 2. The molecule has 1 aromatic heterocycles. The van der Waals surface area contributed by atoms with Crippen LogP contribution >= 0.6 is 15.9 Å². The minimum Gasteiger partial charge on any atom is -0.495 e. The molecule has 0 spiro atoms. The first kappa shape index (κ1) is 12.6. The number of hydrogen-bond acceptors (Lipinski definition) is 5. The topological polar surface area (TPSA) is 61.6 Å². The van der Waals surface area contributed by atoms with Gasteiger partial charge in [0.2, 0.25) is 0 Å². The molecule has 0 aliphatic heterocycles. The van der Waals surface area contributed by atoms with Crippen LogP contribution in [0.25, 0.3) is 11.3 Å². The molecule has 2 rings (SSSR count). The second kappa shape index (κ2) is 5.22. The quantitative estimate of drug-likeness (QED) is 0.816. The van der Waals surface area contributed by atoms with Crippen molar-refractivity contribution in [3.05, 3.63) is 34.4 Å². The van der Waals surface area contributed by atoms with Crippen LogP contribution in [0.4, 0.5) is 0 Å². The van der Waals surface area contributed by atoms with Gasteiger partial charge in [0, 0.05) is 6.07 Å². The fraction of sp³-hybridized carbons (Fsp3) is 0.167. The molecule has 0 unspecified atom stereocenters. The van der Waals surface area contributed by atoms with Gasteiger partial charge in [0.05, 0.1) is 24.3 Å². The van der Waals surface area contributed by atoms with E-state index < -0.39 is 5.97 Å². The van der Waals surface area contributed by atoms with E-state index in [-0.39, 0.29) is 5.69 Å². The van der Waals surface area contributed by atoms with Gasteiger partial charge in [-0.05, 0) is 28.1 Å². The molecule has 0 N–H and O–H groups in total. The molecule has 0 saturated heterocycles. The summed E-state index contributed by atoms with van der Waals surface area (Å²) in [4.78, 5) is 11.3. The van der Waals surface area contributed by atoms with Crippen LogP contribution in [0.1, 0.15) is 10.5 Å². The van der Waals surface area contributed by atoms with E-state index in [2.05, 4.69) is 25.8 Å². The number of nitrogens with zero attached hydrogens (tertiary/aromatic N) is 1. The van der Waals surface area contributed by atoms with Crippen molar-refractivity contribution in [1.29, 1.82) is 0 Å². The monoisotopic (exact) mass is 311 g/mol. The van der Waals surface area contributed by atoms with Gasteiger partial charge in [-0.1, -0.05) is 11.2 Å². The molecular weight excluding hydrogens is 302 g/mol. The zero-order valence-corrected chi connectivity index (χ0v) is 11.4. The molecule has 0 bridgehead atoms. The fourth-order valence-electron chi connectivity index (χ4n) is 1.51. The third-order valence-corrected chi connectivity index (χ3v) is 2.97. The summed E-state index contributed by atoms with van der Waals surface area (Å²) in [5.74, 6) is 0.512. The largest absolute Gasteiger partial charge is 0.495 e. The first-order valence-corrected chi connectivity index (χ1v) is 5.84. The molecule has 2 aromatic rings. The van der Waals surface area contributed by atoms with Crippen molar-refractivity contribution in [2.45, 2.75) is 0 Å². The second-order valence-electron chi connectivity index (χ2n) is 3.39. The van der Waals surface area contributed by atoms with Crippen molar-refractivity contribution >= 4 is 21.9 Å². The number of methoxy groups -OCH3 is 2. The standard InChI is InChI=1S/C12H10BrNO4/c1-16-11-7(4-3-5-8(11)13)10-6-9(14-18-10)12(15)17-2/h3-6H,1-2H3. The first-order chi connectivity index (χ1) is 8.67. The number of benzene rings is 1. The number of hydrogen-bond donors (Lipinski definition) is 0. The van der Waals surface area contributed by atoms with Crippen molar-refractivity contribution in [3.8, 4) is 17.1 Å². The molecule has 94 valence electrons. The summed E-state index contributed by atoms with van der Waals surface area (Å²) in [6, 6.07) is 7.00. The predicted octanol–water partition coefficient (Wildman–Crippen LogP) is 2.90. The molecule has 0 aliphatic rings. The van der Waals surface area contributed by atoms with E-state index in [1.54, 1.807) is 7.11 Å². The van der Waals surface area contributed by atoms with Crippen molar-refractivity contribution in [3.63, 3.8) is 0 Å². The number of rotatable bonds is 3. The van der Waals surface area contributed by atoms with Gasteiger partial charge in [-0.25, -0.2) is 4.79 Å². The van der Waals surface area contributed by atoms with Crippen molar-refractivity contribution in [2.24, 2.45) is 0 Å². The van der Waals surface area contributed by atoms with Crippen LogP contribution in [-0.4, -0.2) is 25.3 Å². The van der Waals surface area contributed by atoms with Gasteiger partial charge in [-0.3, -0.25) is 0 Å². The van der Waals surface area contributed by atoms with Gasteiger partial charge in [0.25, 0.3) is 0 Å². The van der Waals surface area contributed by atoms with Crippen LogP contribution in [0.15, 0.2) is 33.3 Å². The Labute approximate surface area is 112 Å². The summed E-state index contributed by atoms with van der Waals surface area (Å²) in [5, 5.41) is 3.65. The highest BCUT2D eigenvalue weighted by molar-refractivity contribution is 9.10. The maximum atomic E-state index is 11.3. The molecule has 6 heteroatoms. The highest BCUT2D eigenvalue weighted by Gasteiger charge is 2.17. The lowest BCUT2D eigenvalue weighted by atomic mass is 10.1. The lowest BCUT2D eigenvalue weighted by Crippen LogP contribution is -2.00. The van der Waals surface area contributed by atoms with Gasteiger partial charge in [0.15, 0.2) is 11.5 Å². The van der Waals surface area contributed by atoms with Crippen LogP contribution in [0.3, 0.4) is 0 Å². The zero-order valence-electron chi connectivity index (χ0n) is 9.77. The molecular formula is C12H10BrNO4. The summed E-state index contributed by atoms with van der Waals surface area (Å²) in [6.45, 7) is 0. The van der Waals surface area contributed by atoms with E-state index in [0.29, 0.717) is 17.1 Å². The van der Waals surface area contributed by atoms with Gasteiger partial charge in [-0.2, -0.15) is 0 Å².